The highest BCUT2D eigenvalue weighted by Crippen LogP contribution is 2.35. The van der Waals surface area contributed by atoms with E-state index < -0.39 is 7.92 Å². The Bertz CT molecular complexity index is 1490. The number of carbonyl (C=O) groups is 5. The molecule has 3 aromatic rings. The molecule has 0 heterocycles. The third kappa shape index (κ3) is 19.4. The molecule has 52 heavy (non-hydrogen) atoms. The Kier molecular flexibility index (Phi) is 24.6. The molecule has 0 saturated heterocycles. The van der Waals surface area contributed by atoms with Crippen LogP contribution in [0.25, 0.3) is 0 Å². The van der Waals surface area contributed by atoms with E-state index in [-0.39, 0.29) is 47.2 Å². The van der Waals surface area contributed by atoms with Crippen LogP contribution in [0.3, 0.4) is 0 Å². The first-order valence-corrected chi connectivity index (χ1v) is 20.5. The van der Waals surface area contributed by atoms with E-state index in [2.05, 4.69) is 29.6 Å². The van der Waals surface area contributed by atoms with Gasteiger partial charge in [0.1, 0.15) is 5.78 Å². The van der Waals surface area contributed by atoms with Crippen LogP contribution in [-0.4, -0.2) is 46.2 Å². The predicted molar refractivity (Wildman–Crippen MR) is 224 cm³/mol. The smallest absolute Gasteiger partial charge is 0.237 e. The molecule has 0 fully saturated rings. The van der Waals surface area contributed by atoms with Crippen LogP contribution in [0.4, 0.5) is 0 Å². The SMILES string of the molecule is CC(=O)C(C)C.CC(=O)c1ccc(C(=O)CC(C)C)cc1P(c1ccccc1)c1ccccc1.CCC(N)C(=O)NC(C)C.CCSC(=O)C(C)C. The summed E-state index contributed by atoms with van der Waals surface area (Å²) in [5, 5.41) is 6.31. The normalized spacial score (nSPS) is 11.1. The number of Topliss-reactive ketones (excluding diaryl/α,β-unsaturated/α-hetero) is 3. The standard InChI is InChI=1S/C25H25O2P.C7H16N2O.C6H12OS.C5H10O/c1-18(2)16-24(27)20-14-15-23(19(3)26)25(17-20)28(21-10-6-4-7-11-21)22-12-8-5-9-13-22;1-4-6(8)7(10)9-5(2)3;1-4-8-6(7)5(2)3;1-4(2)5(3)6/h4-15,17-18H,16H2,1-3H3;5-6H,4,8H2,1-3H3,(H,9,10);5H,4H2,1-3H3;4H,1-3H3. The van der Waals surface area contributed by atoms with Gasteiger partial charge in [-0.05, 0) is 75.7 Å². The lowest BCUT2D eigenvalue weighted by atomic mass is 9.99. The van der Waals surface area contributed by atoms with Gasteiger partial charge in [0.2, 0.25) is 5.91 Å². The molecule has 0 radical (unpaired) electrons. The van der Waals surface area contributed by atoms with Crippen LogP contribution in [0.1, 0.15) is 117 Å². The van der Waals surface area contributed by atoms with Crippen LogP contribution in [0.15, 0.2) is 78.9 Å². The number of hydrogen-bond acceptors (Lipinski definition) is 7. The molecule has 9 heteroatoms. The van der Waals surface area contributed by atoms with Crippen LogP contribution in [-0.2, 0) is 14.4 Å². The van der Waals surface area contributed by atoms with Gasteiger partial charge in [0, 0.05) is 35.4 Å². The highest BCUT2D eigenvalue weighted by molar-refractivity contribution is 8.13. The van der Waals surface area contributed by atoms with Crippen molar-refractivity contribution >= 4 is 64.0 Å². The summed E-state index contributed by atoms with van der Waals surface area (Å²) in [7, 11) is -0.934. The minimum Gasteiger partial charge on any atom is -0.353 e. The van der Waals surface area contributed by atoms with Crippen LogP contribution in [0.5, 0.6) is 0 Å². The van der Waals surface area contributed by atoms with Crippen LogP contribution in [0.2, 0.25) is 0 Å². The molecular weight excluding hydrogens is 688 g/mol. The fourth-order valence-corrected chi connectivity index (χ4v) is 7.30. The summed E-state index contributed by atoms with van der Waals surface area (Å²) in [6, 6.07) is 25.9. The van der Waals surface area contributed by atoms with Crippen LogP contribution < -0.4 is 27.0 Å². The number of rotatable bonds is 13. The Morgan fingerprint density at radius 2 is 1.21 bits per heavy atom. The Hall–Kier alpha value is -3.45. The number of ketones is 3. The molecule has 1 atom stereocenters. The van der Waals surface area contributed by atoms with Crippen molar-refractivity contribution in [1.82, 2.24) is 5.32 Å². The quantitative estimate of drug-likeness (QED) is 0.133. The largest absolute Gasteiger partial charge is 0.353 e. The van der Waals surface area contributed by atoms with E-state index in [1.807, 2.05) is 118 Å². The number of amides is 1. The first kappa shape index (κ1) is 48.5. The Balaban J connectivity index is 0.000000883. The summed E-state index contributed by atoms with van der Waals surface area (Å²) in [5.41, 5.74) is 6.84. The first-order valence-electron chi connectivity index (χ1n) is 18.2. The lowest BCUT2D eigenvalue weighted by molar-refractivity contribution is -0.123. The van der Waals surface area contributed by atoms with Crippen molar-refractivity contribution in [1.29, 1.82) is 0 Å². The van der Waals surface area contributed by atoms with E-state index in [0.717, 1.165) is 11.1 Å². The van der Waals surface area contributed by atoms with E-state index in [1.54, 1.807) is 19.9 Å². The molecule has 7 nitrogen and oxygen atoms in total. The third-order valence-corrected chi connectivity index (χ3v) is 10.9. The van der Waals surface area contributed by atoms with E-state index in [1.165, 1.54) is 22.4 Å². The number of nitrogens with two attached hydrogens (primary N) is 1. The maximum absolute atomic E-state index is 12.7. The predicted octanol–water partition coefficient (Wildman–Crippen LogP) is 8.28. The summed E-state index contributed by atoms with van der Waals surface area (Å²) >= 11 is 1.40. The Morgan fingerprint density at radius 1 is 0.731 bits per heavy atom. The van der Waals surface area contributed by atoms with Crippen molar-refractivity contribution in [2.45, 2.75) is 108 Å². The molecule has 0 bridgehead atoms. The molecule has 0 aliphatic heterocycles. The third-order valence-electron chi connectivity index (χ3n) is 7.34. The minimum atomic E-state index is -0.934. The summed E-state index contributed by atoms with van der Waals surface area (Å²) in [6.07, 6.45) is 1.20. The van der Waals surface area contributed by atoms with Crippen molar-refractivity contribution in [2.24, 2.45) is 23.5 Å². The molecule has 286 valence electrons. The van der Waals surface area contributed by atoms with E-state index in [9.17, 15) is 24.0 Å². The van der Waals surface area contributed by atoms with Gasteiger partial charge in [-0.1, -0.05) is 140 Å². The number of thioether (sulfide) groups is 1. The Morgan fingerprint density at radius 3 is 1.54 bits per heavy atom. The maximum atomic E-state index is 12.7. The second-order valence-electron chi connectivity index (χ2n) is 13.7. The first-order chi connectivity index (χ1) is 24.4. The molecule has 0 aliphatic rings. The summed E-state index contributed by atoms with van der Waals surface area (Å²) in [4.78, 5) is 56.9. The molecule has 1 unspecified atom stereocenters. The zero-order valence-corrected chi connectivity index (χ0v) is 35.2. The van der Waals surface area contributed by atoms with Crippen molar-refractivity contribution in [3.8, 4) is 0 Å². The zero-order chi connectivity index (χ0) is 40.0. The highest BCUT2D eigenvalue weighted by Gasteiger charge is 2.23. The summed E-state index contributed by atoms with van der Waals surface area (Å²) in [5.74, 6) is 1.96. The second-order valence-corrected chi connectivity index (χ2v) is 17.1. The molecule has 0 aliphatic carbocycles. The fraction of sp³-hybridized carbons (Fsp3) is 0.465. The zero-order valence-electron chi connectivity index (χ0n) is 33.5. The van der Waals surface area contributed by atoms with Crippen molar-refractivity contribution in [2.75, 3.05) is 5.75 Å². The van der Waals surface area contributed by atoms with Crippen molar-refractivity contribution in [3.63, 3.8) is 0 Å². The number of nitrogens with one attached hydrogen (secondary N) is 1. The van der Waals surface area contributed by atoms with Gasteiger partial charge in [-0.3, -0.25) is 24.0 Å². The lowest BCUT2D eigenvalue weighted by Crippen LogP contribution is -2.43. The molecule has 1 amide bonds. The molecule has 3 aromatic carbocycles. The number of carbonyl (C=O) groups excluding carboxylic acids is 5. The molecule has 3 rings (SSSR count). The van der Waals surface area contributed by atoms with Gasteiger partial charge in [0.15, 0.2) is 16.7 Å². The lowest BCUT2D eigenvalue weighted by Gasteiger charge is -2.22. The van der Waals surface area contributed by atoms with Gasteiger partial charge in [-0.15, -0.1) is 0 Å². The number of hydrogen-bond donors (Lipinski definition) is 2. The van der Waals surface area contributed by atoms with E-state index in [0.29, 0.717) is 35.0 Å². The molecule has 0 saturated carbocycles. The number of benzene rings is 3. The molecule has 3 N–H and O–H groups in total. The summed E-state index contributed by atoms with van der Waals surface area (Å²) in [6.45, 7) is 22.6. The average Bonchev–Trinajstić information content (AvgIpc) is 3.09. The van der Waals surface area contributed by atoms with Gasteiger partial charge < -0.3 is 11.1 Å². The fourth-order valence-electron chi connectivity index (χ4n) is 4.14. The average molecular weight is 751 g/mol. The van der Waals surface area contributed by atoms with Gasteiger partial charge in [-0.25, -0.2) is 0 Å². The maximum Gasteiger partial charge on any atom is 0.237 e. The topological polar surface area (TPSA) is 123 Å². The van der Waals surface area contributed by atoms with Crippen LogP contribution in [0, 0.1) is 17.8 Å². The van der Waals surface area contributed by atoms with E-state index >= 15 is 0 Å². The molecular formula is C43H63N2O5PS. The molecule has 0 spiro atoms. The van der Waals surface area contributed by atoms with Crippen LogP contribution >= 0.6 is 19.7 Å². The van der Waals surface area contributed by atoms with Crippen molar-refractivity contribution < 1.29 is 24.0 Å². The van der Waals surface area contributed by atoms with Gasteiger partial charge in [0.05, 0.1) is 6.04 Å². The molecule has 0 aromatic heterocycles. The van der Waals surface area contributed by atoms with Gasteiger partial charge in [0.25, 0.3) is 0 Å². The monoisotopic (exact) mass is 750 g/mol. The minimum absolute atomic E-state index is 0.0252. The second kappa shape index (κ2) is 26.3. The van der Waals surface area contributed by atoms with Crippen molar-refractivity contribution in [3.05, 3.63) is 90.0 Å². The van der Waals surface area contributed by atoms with E-state index in [4.69, 9.17) is 5.73 Å². The summed E-state index contributed by atoms with van der Waals surface area (Å²) < 4.78 is 0. The Labute approximate surface area is 319 Å². The van der Waals surface area contributed by atoms with Gasteiger partial charge >= 0.3 is 0 Å². The van der Waals surface area contributed by atoms with Gasteiger partial charge in [-0.2, -0.15) is 0 Å². The highest BCUT2D eigenvalue weighted by atomic mass is 32.2.